The number of benzene rings is 2. The molecule has 19 heavy (non-hydrogen) atoms. The van der Waals surface area contributed by atoms with Crippen LogP contribution >= 0.6 is 0 Å². The van der Waals surface area contributed by atoms with Crippen molar-refractivity contribution in [2.75, 3.05) is 11.1 Å². The monoisotopic (exact) mass is 259 g/mol. The van der Waals surface area contributed by atoms with Crippen molar-refractivity contribution >= 4 is 23.0 Å². The predicted octanol–water partition coefficient (Wildman–Crippen LogP) is 2.56. The molecule has 98 valence electrons. The molecular weight excluding hydrogens is 245 g/mol. The molecule has 0 aliphatic carbocycles. The number of primary amides is 1. The third-order valence-corrected chi connectivity index (χ3v) is 2.77. The minimum atomic E-state index is -0.532. The molecule has 0 saturated carbocycles. The Morgan fingerprint density at radius 1 is 1.21 bits per heavy atom. The van der Waals surface area contributed by atoms with E-state index in [9.17, 15) is 9.18 Å². The molecule has 0 fully saturated rings. The van der Waals surface area contributed by atoms with E-state index >= 15 is 0 Å². The van der Waals surface area contributed by atoms with E-state index in [1.807, 2.05) is 0 Å². The smallest absolute Gasteiger partial charge is 0.248 e. The van der Waals surface area contributed by atoms with E-state index < -0.39 is 5.91 Å². The average molecular weight is 259 g/mol. The third kappa shape index (κ3) is 2.82. The van der Waals surface area contributed by atoms with Gasteiger partial charge in [-0.2, -0.15) is 0 Å². The van der Waals surface area contributed by atoms with Crippen LogP contribution in [0.2, 0.25) is 0 Å². The van der Waals surface area contributed by atoms with Gasteiger partial charge in [-0.3, -0.25) is 4.79 Å². The Labute approximate surface area is 110 Å². The molecule has 0 atom stereocenters. The van der Waals surface area contributed by atoms with E-state index in [4.69, 9.17) is 11.5 Å². The van der Waals surface area contributed by atoms with Gasteiger partial charge in [-0.05, 0) is 48.9 Å². The number of carbonyl (C=O) groups excluding carboxylic acids is 1. The first-order valence-electron chi connectivity index (χ1n) is 5.70. The number of hydrogen-bond acceptors (Lipinski definition) is 3. The van der Waals surface area contributed by atoms with Crippen LogP contribution in [0.5, 0.6) is 0 Å². The molecule has 5 N–H and O–H groups in total. The molecule has 0 heterocycles. The molecule has 2 aromatic carbocycles. The number of anilines is 3. The van der Waals surface area contributed by atoms with Gasteiger partial charge < -0.3 is 16.8 Å². The Morgan fingerprint density at radius 2 is 1.95 bits per heavy atom. The summed E-state index contributed by atoms with van der Waals surface area (Å²) >= 11 is 0. The lowest BCUT2D eigenvalue weighted by Gasteiger charge is -2.11. The zero-order chi connectivity index (χ0) is 14.0. The Hall–Kier alpha value is -2.56. The molecule has 2 rings (SSSR count). The van der Waals surface area contributed by atoms with Gasteiger partial charge in [0.1, 0.15) is 5.82 Å². The molecule has 4 nitrogen and oxygen atoms in total. The van der Waals surface area contributed by atoms with Crippen molar-refractivity contribution in [1.29, 1.82) is 0 Å². The van der Waals surface area contributed by atoms with Crippen LogP contribution in [-0.2, 0) is 0 Å². The molecule has 0 unspecified atom stereocenters. The highest BCUT2D eigenvalue weighted by Crippen LogP contribution is 2.25. The van der Waals surface area contributed by atoms with Crippen LogP contribution in [-0.4, -0.2) is 5.91 Å². The number of amides is 1. The van der Waals surface area contributed by atoms with Crippen LogP contribution in [0.25, 0.3) is 0 Å². The molecule has 0 saturated heterocycles. The zero-order valence-corrected chi connectivity index (χ0v) is 10.4. The molecule has 2 aromatic rings. The summed E-state index contributed by atoms with van der Waals surface area (Å²) in [6.07, 6.45) is 0. The molecule has 0 aromatic heterocycles. The Balaban J connectivity index is 2.28. The van der Waals surface area contributed by atoms with E-state index in [0.717, 1.165) is 5.69 Å². The van der Waals surface area contributed by atoms with Crippen molar-refractivity contribution in [3.63, 3.8) is 0 Å². The van der Waals surface area contributed by atoms with E-state index in [0.29, 0.717) is 22.5 Å². The lowest BCUT2D eigenvalue weighted by atomic mass is 10.1. The standard InChI is InChI=1S/C14H14FN3O/c1-8-6-10(3-4-11(8)15)18-13-5-2-9(14(17)19)7-12(13)16/h2-7,18H,16H2,1H3,(H2,17,19). The summed E-state index contributed by atoms with van der Waals surface area (Å²) < 4.78 is 13.2. The second kappa shape index (κ2) is 4.97. The SMILES string of the molecule is Cc1cc(Nc2ccc(C(N)=O)cc2N)ccc1F. The van der Waals surface area contributed by atoms with Crippen LogP contribution < -0.4 is 16.8 Å². The minimum Gasteiger partial charge on any atom is -0.397 e. The summed E-state index contributed by atoms with van der Waals surface area (Å²) in [5, 5.41) is 3.06. The summed E-state index contributed by atoms with van der Waals surface area (Å²) in [4.78, 5) is 11.0. The van der Waals surface area contributed by atoms with Crippen molar-refractivity contribution < 1.29 is 9.18 Å². The first kappa shape index (κ1) is 12.9. The first-order chi connectivity index (χ1) is 8.97. The fraction of sp³-hybridized carbons (Fsp3) is 0.0714. The number of nitrogens with two attached hydrogens (primary N) is 2. The highest BCUT2D eigenvalue weighted by molar-refractivity contribution is 5.95. The summed E-state index contributed by atoms with van der Waals surface area (Å²) in [6.45, 7) is 1.68. The molecule has 0 radical (unpaired) electrons. The number of hydrogen-bond donors (Lipinski definition) is 3. The van der Waals surface area contributed by atoms with E-state index in [1.165, 1.54) is 12.1 Å². The van der Waals surface area contributed by atoms with Crippen LogP contribution in [0.15, 0.2) is 36.4 Å². The third-order valence-electron chi connectivity index (χ3n) is 2.77. The normalized spacial score (nSPS) is 10.2. The van der Waals surface area contributed by atoms with Gasteiger partial charge in [-0.15, -0.1) is 0 Å². The lowest BCUT2D eigenvalue weighted by molar-refractivity contribution is 0.100. The minimum absolute atomic E-state index is 0.261. The average Bonchev–Trinajstić information content (AvgIpc) is 2.36. The molecule has 5 heteroatoms. The van der Waals surface area contributed by atoms with Crippen molar-refractivity contribution in [1.82, 2.24) is 0 Å². The van der Waals surface area contributed by atoms with Crippen LogP contribution in [0.1, 0.15) is 15.9 Å². The van der Waals surface area contributed by atoms with Crippen molar-refractivity contribution in [2.24, 2.45) is 5.73 Å². The van der Waals surface area contributed by atoms with Crippen LogP contribution in [0.3, 0.4) is 0 Å². The fourth-order valence-electron chi connectivity index (χ4n) is 1.71. The summed E-state index contributed by atoms with van der Waals surface area (Å²) in [7, 11) is 0. The number of rotatable bonds is 3. The second-order valence-electron chi connectivity index (χ2n) is 4.26. The maximum absolute atomic E-state index is 13.2. The summed E-state index contributed by atoms with van der Waals surface area (Å²) in [5.41, 5.74) is 13.6. The van der Waals surface area contributed by atoms with Crippen LogP contribution in [0.4, 0.5) is 21.5 Å². The summed E-state index contributed by atoms with van der Waals surface area (Å²) in [6, 6.07) is 9.42. The Kier molecular flexibility index (Phi) is 3.37. The van der Waals surface area contributed by atoms with Gasteiger partial charge in [0.2, 0.25) is 5.91 Å². The van der Waals surface area contributed by atoms with Gasteiger partial charge >= 0.3 is 0 Å². The molecular formula is C14H14FN3O. The topological polar surface area (TPSA) is 81.1 Å². The largest absolute Gasteiger partial charge is 0.397 e. The van der Waals surface area contributed by atoms with E-state index in [1.54, 1.807) is 31.2 Å². The maximum Gasteiger partial charge on any atom is 0.248 e. The van der Waals surface area contributed by atoms with Gasteiger partial charge in [0.05, 0.1) is 11.4 Å². The van der Waals surface area contributed by atoms with Gasteiger partial charge in [0.15, 0.2) is 0 Å². The number of aryl methyl sites for hydroxylation is 1. The highest BCUT2D eigenvalue weighted by atomic mass is 19.1. The molecule has 1 amide bonds. The number of carbonyl (C=O) groups is 1. The summed E-state index contributed by atoms with van der Waals surface area (Å²) in [5.74, 6) is -0.793. The lowest BCUT2D eigenvalue weighted by Crippen LogP contribution is -2.11. The molecule has 0 spiro atoms. The Morgan fingerprint density at radius 3 is 2.53 bits per heavy atom. The maximum atomic E-state index is 13.2. The van der Waals surface area contributed by atoms with Gasteiger partial charge in [-0.25, -0.2) is 4.39 Å². The molecule has 0 bridgehead atoms. The van der Waals surface area contributed by atoms with E-state index in [-0.39, 0.29) is 5.82 Å². The van der Waals surface area contributed by atoms with Crippen molar-refractivity contribution in [2.45, 2.75) is 6.92 Å². The van der Waals surface area contributed by atoms with Crippen molar-refractivity contribution in [3.05, 3.63) is 53.3 Å². The Bertz CT molecular complexity index is 641. The first-order valence-corrected chi connectivity index (χ1v) is 5.70. The van der Waals surface area contributed by atoms with Gasteiger partial charge in [-0.1, -0.05) is 0 Å². The fourth-order valence-corrected chi connectivity index (χ4v) is 1.71. The van der Waals surface area contributed by atoms with E-state index in [2.05, 4.69) is 5.32 Å². The zero-order valence-electron chi connectivity index (χ0n) is 10.4. The van der Waals surface area contributed by atoms with Crippen LogP contribution in [0, 0.1) is 12.7 Å². The quantitative estimate of drug-likeness (QED) is 0.741. The molecule has 0 aliphatic rings. The number of halogens is 1. The van der Waals surface area contributed by atoms with Gasteiger partial charge in [0.25, 0.3) is 0 Å². The van der Waals surface area contributed by atoms with Crippen molar-refractivity contribution in [3.8, 4) is 0 Å². The number of nitrogens with one attached hydrogen (secondary N) is 1. The molecule has 0 aliphatic heterocycles. The second-order valence-corrected chi connectivity index (χ2v) is 4.26. The highest BCUT2D eigenvalue weighted by Gasteiger charge is 2.06. The number of nitrogen functional groups attached to an aromatic ring is 1. The predicted molar refractivity (Wildman–Crippen MR) is 73.8 cm³/mol. The van der Waals surface area contributed by atoms with Gasteiger partial charge in [0, 0.05) is 11.3 Å².